The van der Waals surface area contributed by atoms with Gasteiger partial charge in [-0.1, -0.05) is 18.2 Å². The molecule has 7 heteroatoms. The van der Waals surface area contributed by atoms with Crippen LogP contribution in [0.25, 0.3) is 0 Å². The molecule has 1 amide bonds. The normalized spacial score (nSPS) is 14.4. The van der Waals surface area contributed by atoms with Crippen molar-refractivity contribution in [2.45, 2.75) is 19.6 Å². The molecule has 0 bridgehead atoms. The van der Waals surface area contributed by atoms with Gasteiger partial charge >= 0.3 is 0 Å². The summed E-state index contributed by atoms with van der Waals surface area (Å²) in [6, 6.07) is 9.81. The molecule has 2 aromatic rings. The van der Waals surface area contributed by atoms with Gasteiger partial charge in [0.15, 0.2) is 11.5 Å². The SMILES string of the molecule is Cl.O=C(NCc1ccc2c(c1)CNC2)c1cc(Br)c2c(c1)OCCO2. The number of rotatable bonds is 3. The Morgan fingerprint density at radius 3 is 2.80 bits per heavy atom. The quantitative estimate of drug-likeness (QED) is 0.793. The lowest BCUT2D eigenvalue weighted by atomic mass is 10.1. The summed E-state index contributed by atoms with van der Waals surface area (Å²) in [4.78, 5) is 12.4. The molecule has 2 aromatic carbocycles. The molecular weight excluding hydrogens is 408 g/mol. The Balaban J connectivity index is 0.00000182. The molecule has 0 saturated carbocycles. The van der Waals surface area contributed by atoms with E-state index in [4.69, 9.17) is 9.47 Å². The molecule has 0 fully saturated rings. The van der Waals surface area contributed by atoms with E-state index < -0.39 is 0 Å². The highest BCUT2D eigenvalue weighted by molar-refractivity contribution is 9.10. The number of ether oxygens (including phenoxy) is 2. The fraction of sp³-hybridized carbons (Fsp3) is 0.278. The number of hydrogen-bond donors (Lipinski definition) is 2. The Kier molecular flexibility index (Phi) is 5.51. The van der Waals surface area contributed by atoms with E-state index in [1.807, 2.05) is 0 Å². The van der Waals surface area contributed by atoms with Crippen LogP contribution in [0.1, 0.15) is 27.0 Å². The monoisotopic (exact) mass is 424 g/mol. The minimum atomic E-state index is -0.133. The van der Waals surface area contributed by atoms with Gasteiger partial charge in [0.2, 0.25) is 0 Å². The summed E-state index contributed by atoms with van der Waals surface area (Å²) in [5.41, 5.74) is 4.29. The van der Waals surface area contributed by atoms with Crippen LogP contribution in [0.4, 0.5) is 0 Å². The van der Waals surface area contributed by atoms with E-state index in [9.17, 15) is 4.79 Å². The minimum absolute atomic E-state index is 0. The summed E-state index contributed by atoms with van der Waals surface area (Å²) < 4.78 is 11.8. The van der Waals surface area contributed by atoms with Crippen LogP contribution >= 0.6 is 28.3 Å². The molecule has 2 aliphatic rings. The van der Waals surface area contributed by atoms with E-state index >= 15 is 0 Å². The standard InChI is InChI=1S/C18H17BrN2O3.ClH/c19-15-6-13(7-16-17(15)24-4-3-23-16)18(22)21-8-11-1-2-12-9-20-10-14(12)5-11;/h1-2,5-7,20H,3-4,8-10H2,(H,21,22);1H. The van der Waals surface area contributed by atoms with Crippen LogP contribution in [-0.4, -0.2) is 19.1 Å². The van der Waals surface area contributed by atoms with Crippen molar-refractivity contribution in [3.8, 4) is 11.5 Å². The van der Waals surface area contributed by atoms with Crippen LogP contribution in [0.3, 0.4) is 0 Å². The Bertz CT molecular complexity index is 813. The van der Waals surface area contributed by atoms with Crippen molar-refractivity contribution in [1.82, 2.24) is 10.6 Å². The van der Waals surface area contributed by atoms with Crippen LogP contribution in [0.5, 0.6) is 11.5 Å². The molecule has 2 N–H and O–H groups in total. The lowest BCUT2D eigenvalue weighted by Gasteiger charge is -2.20. The molecule has 0 saturated heterocycles. The first kappa shape index (κ1) is 18.0. The minimum Gasteiger partial charge on any atom is -0.486 e. The third-order valence-electron chi connectivity index (χ3n) is 4.21. The van der Waals surface area contributed by atoms with Crippen LogP contribution in [-0.2, 0) is 19.6 Å². The van der Waals surface area contributed by atoms with Gasteiger partial charge in [0, 0.05) is 25.2 Å². The van der Waals surface area contributed by atoms with Gasteiger partial charge in [-0.05, 0) is 44.8 Å². The second-order valence-corrected chi connectivity index (χ2v) is 6.73. The summed E-state index contributed by atoms with van der Waals surface area (Å²) in [6.45, 7) is 3.33. The van der Waals surface area contributed by atoms with Crippen molar-refractivity contribution in [2.75, 3.05) is 13.2 Å². The average molecular weight is 426 g/mol. The highest BCUT2D eigenvalue weighted by Crippen LogP contribution is 2.38. The summed E-state index contributed by atoms with van der Waals surface area (Å²) in [7, 11) is 0. The van der Waals surface area contributed by atoms with Gasteiger partial charge < -0.3 is 20.1 Å². The van der Waals surface area contributed by atoms with Crippen molar-refractivity contribution in [1.29, 1.82) is 0 Å². The van der Waals surface area contributed by atoms with Crippen LogP contribution in [0, 0.1) is 0 Å². The maximum Gasteiger partial charge on any atom is 0.251 e. The second kappa shape index (κ2) is 7.64. The second-order valence-electron chi connectivity index (χ2n) is 5.87. The smallest absolute Gasteiger partial charge is 0.251 e. The van der Waals surface area contributed by atoms with Gasteiger partial charge in [-0.2, -0.15) is 0 Å². The van der Waals surface area contributed by atoms with E-state index in [0.717, 1.165) is 23.1 Å². The molecule has 0 spiro atoms. The number of carbonyl (C=O) groups excluding carboxylic acids is 1. The Morgan fingerprint density at radius 1 is 1.12 bits per heavy atom. The van der Waals surface area contributed by atoms with Crippen LogP contribution < -0.4 is 20.1 Å². The third kappa shape index (κ3) is 3.76. The van der Waals surface area contributed by atoms with E-state index in [1.54, 1.807) is 12.1 Å². The first-order chi connectivity index (χ1) is 11.7. The number of carbonyl (C=O) groups is 1. The summed E-state index contributed by atoms with van der Waals surface area (Å²) in [5, 5.41) is 6.29. The number of amides is 1. The number of halogens is 2. The van der Waals surface area contributed by atoms with Crippen molar-refractivity contribution in [2.24, 2.45) is 0 Å². The molecule has 0 aliphatic carbocycles. The highest BCUT2D eigenvalue weighted by atomic mass is 79.9. The van der Waals surface area contributed by atoms with E-state index in [-0.39, 0.29) is 18.3 Å². The average Bonchev–Trinajstić information content (AvgIpc) is 3.07. The van der Waals surface area contributed by atoms with Gasteiger partial charge in [0.1, 0.15) is 13.2 Å². The van der Waals surface area contributed by atoms with Gasteiger partial charge in [0.25, 0.3) is 5.91 Å². The molecule has 0 unspecified atom stereocenters. The van der Waals surface area contributed by atoms with Crippen LogP contribution in [0.15, 0.2) is 34.8 Å². The Labute approximate surface area is 160 Å². The van der Waals surface area contributed by atoms with Crippen molar-refractivity contribution < 1.29 is 14.3 Å². The van der Waals surface area contributed by atoms with Crippen LogP contribution in [0.2, 0.25) is 0 Å². The maximum atomic E-state index is 12.4. The molecular formula is C18H18BrClN2O3. The van der Waals surface area contributed by atoms with Crippen molar-refractivity contribution >= 4 is 34.2 Å². The topological polar surface area (TPSA) is 59.6 Å². The Hall–Kier alpha value is -1.76. The van der Waals surface area contributed by atoms with E-state index in [0.29, 0.717) is 36.8 Å². The molecule has 132 valence electrons. The zero-order chi connectivity index (χ0) is 16.5. The molecule has 2 heterocycles. The third-order valence-corrected chi connectivity index (χ3v) is 4.80. The van der Waals surface area contributed by atoms with Gasteiger partial charge in [-0.3, -0.25) is 4.79 Å². The molecule has 0 aromatic heterocycles. The van der Waals surface area contributed by atoms with Gasteiger partial charge in [0.05, 0.1) is 4.47 Å². The number of benzene rings is 2. The maximum absolute atomic E-state index is 12.4. The zero-order valence-corrected chi connectivity index (χ0v) is 15.8. The molecule has 5 nitrogen and oxygen atoms in total. The first-order valence-corrected chi connectivity index (χ1v) is 8.69. The predicted molar refractivity (Wildman–Crippen MR) is 101 cm³/mol. The number of fused-ring (bicyclic) bond motifs is 2. The summed E-state index contributed by atoms with van der Waals surface area (Å²) in [5.74, 6) is 1.12. The zero-order valence-electron chi connectivity index (χ0n) is 13.4. The fourth-order valence-electron chi connectivity index (χ4n) is 2.98. The lowest BCUT2D eigenvalue weighted by molar-refractivity contribution is 0.0949. The van der Waals surface area contributed by atoms with Crippen molar-refractivity contribution in [3.63, 3.8) is 0 Å². The van der Waals surface area contributed by atoms with Gasteiger partial charge in [-0.25, -0.2) is 0 Å². The molecule has 25 heavy (non-hydrogen) atoms. The molecule has 0 atom stereocenters. The summed E-state index contributed by atoms with van der Waals surface area (Å²) in [6.07, 6.45) is 0. The summed E-state index contributed by atoms with van der Waals surface area (Å²) >= 11 is 3.44. The molecule has 4 rings (SSSR count). The predicted octanol–water partition coefficient (Wildman–Crippen LogP) is 3.18. The van der Waals surface area contributed by atoms with E-state index in [1.165, 1.54) is 11.1 Å². The Morgan fingerprint density at radius 2 is 1.92 bits per heavy atom. The van der Waals surface area contributed by atoms with E-state index in [2.05, 4.69) is 44.8 Å². The van der Waals surface area contributed by atoms with Gasteiger partial charge in [-0.15, -0.1) is 12.4 Å². The number of nitrogens with one attached hydrogen (secondary N) is 2. The molecule has 2 aliphatic heterocycles. The highest BCUT2D eigenvalue weighted by Gasteiger charge is 2.19. The first-order valence-electron chi connectivity index (χ1n) is 7.89. The molecule has 0 radical (unpaired) electrons. The van der Waals surface area contributed by atoms with Crippen molar-refractivity contribution in [3.05, 3.63) is 57.1 Å². The fourth-order valence-corrected chi connectivity index (χ4v) is 3.54. The lowest BCUT2D eigenvalue weighted by Crippen LogP contribution is -2.23. The largest absolute Gasteiger partial charge is 0.486 e. The number of hydrogen-bond acceptors (Lipinski definition) is 4.